The lowest BCUT2D eigenvalue weighted by molar-refractivity contribution is -0.385. The molecule has 0 heterocycles. The summed E-state index contributed by atoms with van der Waals surface area (Å²) in [6, 6.07) is 4.13. The van der Waals surface area contributed by atoms with E-state index in [1.54, 1.807) is 6.92 Å². The summed E-state index contributed by atoms with van der Waals surface area (Å²) in [6.45, 7) is 1.58. The van der Waals surface area contributed by atoms with E-state index < -0.39 is 22.1 Å². The first-order chi connectivity index (χ1) is 9.28. The molecule has 1 aromatic rings. The summed E-state index contributed by atoms with van der Waals surface area (Å²) in [5.41, 5.74) is -1.64. The molecule has 0 radical (unpaired) electrons. The summed E-state index contributed by atoms with van der Waals surface area (Å²) in [5, 5.41) is 23.3. The number of aliphatic hydroxyl groups is 1. The second kappa shape index (κ2) is 6.92. The van der Waals surface area contributed by atoms with Crippen LogP contribution in [0.3, 0.4) is 0 Å². The molecular weight excluding hydrogens is 304 g/mol. The van der Waals surface area contributed by atoms with E-state index in [0.29, 0.717) is 5.75 Å². The molecule has 1 unspecified atom stereocenters. The van der Waals surface area contributed by atoms with Crippen molar-refractivity contribution in [3.63, 3.8) is 0 Å². The van der Waals surface area contributed by atoms with Gasteiger partial charge in [0.1, 0.15) is 10.6 Å². The Hall–Kier alpha value is -1.31. The fourth-order valence-electron chi connectivity index (χ4n) is 1.61. The Bertz CT molecular complexity index is 522. The van der Waals surface area contributed by atoms with Crippen LogP contribution < -0.4 is 5.32 Å². The second-order valence-corrected chi connectivity index (χ2v) is 5.78. The van der Waals surface area contributed by atoms with Gasteiger partial charge in [0, 0.05) is 12.3 Å². The molecule has 0 saturated carbocycles. The van der Waals surface area contributed by atoms with E-state index in [4.69, 9.17) is 11.6 Å². The van der Waals surface area contributed by atoms with Gasteiger partial charge in [0.25, 0.3) is 5.91 Å². The van der Waals surface area contributed by atoms with E-state index in [0.717, 1.165) is 0 Å². The number of para-hydroxylation sites is 1. The molecule has 110 valence electrons. The molecule has 8 heteroatoms. The van der Waals surface area contributed by atoms with Crippen molar-refractivity contribution in [2.45, 2.75) is 12.5 Å². The van der Waals surface area contributed by atoms with Crippen LogP contribution >= 0.6 is 23.4 Å². The maximum Gasteiger partial charge on any atom is 0.300 e. The van der Waals surface area contributed by atoms with Crippen molar-refractivity contribution in [1.82, 2.24) is 5.32 Å². The summed E-state index contributed by atoms with van der Waals surface area (Å²) in [4.78, 5) is 22.2. The quantitative estimate of drug-likeness (QED) is 0.619. The van der Waals surface area contributed by atoms with E-state index in [2.05, 4.69) is 5.32 Å². The molecule has 6 nitrogen and oxygen atoms in total. The van der Waals surface area contributed by atoms with Crippen LogP contribution in [0.25, 0.3) is 0 Å². The topological polar surface area (TPSA) is 92.5 Å². The van der Waals surface area contributed by atoms with Gasteiger partial charge in [-0.3, -0.25) is 14.9 Å². The van der Waals surface area contributed by atoms with Crippen LogP contribution in [0.5, 0.6) is 0 Å². The van der Waals surface area contributed by atoms with Crippen molar-refractivity contribution in [2.75, 3.05) is 18.6 Å². The number of hydrogen-bond donors (Lipinski definition) is 2. The fraction of sp³-hybridized carbons (Fsp3) is 0.417. The van der Waals surface area contributed by atoms with Crippen LogP contribution in [0.2, 0.25) is 5.02 Å². The molecule has 0 fully saturated rings. The number of nitrogens with one attached hydrogen (secondary N) is 1. The van der Waals surface area contributed by atoms with E-state index in [9.17, 15) is 20.0 Å². The third-order valence-corrected chi connectivity index (χ3v) is 3.71. The third-order valence-electron chi connectivity index (χ3n) is 2.50. The molecule has 2 N–H and O–H groups in total. The molecule has 0 aliphatic rings. The zero-order valence-corrected chi connectivity index (χ0v) is 12.6. The van der Waals surface area contributed by atoms with Crippen molar-refractivity contribution in [1.29, 1.82) is 0 Å². The molecule has 1 rings (SSSR count). The molecule has 1 atom stereocenters. The predicted octanol–water partition coefficient (Wildman–Crippen LogP) is 2.09. The van der Waals surface area contributed by atoms with Crippen LogP contribution in [-0.4, -0.2) is 40.1 Å². The maximum atomic E-state index is 12.0. The lowest BCUT2D eigenvalue weighted by atomic mass is 10.1. The highest BCUT2D eigenvalue weighted by Gasteiger charge is 2.26. The van der Waals surface area contributed by atoms with Crippen molar-refractivity contribution >= 4 is 35.0 Å². The number of hydrogen-bond acceptors (Lipinski definition) is 5. The Morgan fingerprint density at radius 1 is 1.60 bits per heavy atom. The van der Waals surface area contributed by atoms with Gasteiger partial charge in [-0.25, -0.2) is 0 Å². The highest BCUT2D eigenvalue weighted by Crippen LogP contribution is 2.28. The van der Waals surface area contributed by atoms with Crippen molar-refractivity contribution in [2.24, 2.45) is 0 Å². The first-order valence-corrected chi connectivity index (χ1v) is 7.48. The molecule has 20 heavy (non-hydrogen) atoms. The summed E-state index contributed by atoms with van der Waals surface area (Å²) in [7, 11) is 0. The van der Waals surface area contributed by atoms with Crippen LogP contribution in [0.15, 0.2) is 18.2 Å². The fourth-order valence-corrected chi connectivity index (χ4v) is 2.58. The molecule has 1 amide bonds. The van der Waals surface area contributed by atoms with E-state index in [1.165, 1.54) is 30.0 Å². The zero-order chi connectivity index (χ0) is 15.3. The minimum atomic E-state index is -1.08. The number of halogens is 1. The second-order valence-electron chi connectivity index (χ2n) is 4.51. The number of carbonyl (C=O) groups excluding carboxylic acids is 1. The highest BCUT2D eigenvalue weighted by atomic mass is 35.5. The Morgan fingerprint density at radius 3 is 2.80 bits per heavy atom. The minimum Gasteiger partial charge on any atom is -0.387 e. The molecule has 0 saturated heterocycles. The Balaban J connectivity index is 2.89. The smallest absolute Gasteiger partial charge is 0.300 e. The number of thioether (sulfide) groups is 1. The van der Waals surface area contributed by atoms with Crippen molar-refractivity contribution in [3.05, 3.63) is 38.9 Å². The largest absolute Gasteiger partial charge is 0.387 e. The number of nitrogens with zero attached hydrogens (tertiary/aromatic N) is 1. The number of nitro benzene ring substituents is 1. The zero-order valence-electron chi connectivity index (χ0n) is 11.1. The molecular formula is C12H15ClN2O4S. The van der Waals surface area contributed by atoms with Crippen LogP contribution in [0.1, 0.15) is 17.3 Å². The van der Waals surface area contributed by atoms with Gasteiger partial charge >= 0.3 is 5.69 Å². The molecule has 0 aromatic heterocycles. The lowest BCUT2D eigenvalue weighted by Crippen LogP contribution is -2.42. The van der Waals surface area contributed by atoms with Gasteiger partial charge in [-0.1, -0.05) is 17.7 Å². The van der Waals surface area contributed by atoms with E-state index >= 15 is 0 Å². The van der Waals surface area contributed by atoms with Crippen molar-refractivity contribution < 1.29 is 14.8 Å². The average Bonchev–Trinajstić information content (AvgIpc) is 2.35. The summed E-state index contributed by atoms with van der Waals surface area (Å²) in [5.74, 6) is -0.203. The van der Waals surface area contributed by atoms with Crippen LogP contribution in [0, 0.1) is 10.1 Å². The molecule has 0 aliphatic carbocycles. The lowest BCUT2D eigenvalue weighted by Gasteiger charge is -2.22. The van der Waals surface area contributed by atoms with Crippen LogP contribution in [-0.2, 0) is 0 Å². The summed E-state index contributed by atoms with van der Waals surface area (Å²) >= 11 is 7.17. The van der Waals surface area contributed by atoms with Crippen LogP contribution in [0.4, 0.5) is 5.69 Å². The highest BCUT2D eigenvalue weighted by molar-refractivity contribution is 7.98. The minimum absolute atomic E-state index is 0.00363. The van der Waals surface area contributed by atoms with Crippen molar-refractivity contribution in [3.8, 4) is 0 Å². The Morgan fingerprint density at radius 2 is 2.25 bits per heavy atom. The van der Waals surface area contributed by atoms with Gasteiger partial charge in [-0.15, -0.1) is 0 Å². The summed E-state index contributed by atoms with van der Waals surface area (Å²) < 4.78 is 0. The van der Waals surface area contributed by atoms with Gasteiger partial charge in [0.15, 0.2) is 0 Å². The standard InChI is InChI=1S/C12H15ClN2O4S/c1-12(17,7-20-2)6-14-11(16)8-4-3-5-9(13)10(8)15(18)19/h3-5,17H,6-7H2,1-2H3,(H,14,16). The van der Waals surface area contributed by atoms with E-state index in [1.807, 2.05) is 6.26 Å². The number of benzene rings is 1. The first kappa shape index (κ1) is 16.7. The SMILES string of the molecule is CSCC(C)(O)CNC(=O)c1cccc(Cl)c1[N+](=O)[O-]. The molecule has 0 spiro atoms. The monoisotopic (exact) mass is 318 g/mol. The van der Waals surface area contributed by atoms with Gasteiger partial charge in [-0.05, 0) is 25.3 Å². The van der Waals surface area contributed by atoms with E-state index in [-0.39, 0.29) is 17.1 Å². The number of rotatable bonds is 6. The Kier molecular flexibility index (Phi) is 5.79. The van der Waals surface area contributed by atoms with Gasteiger partial charge in [-0.2, -0.15) is 11.8 Å². The maximum absolute atomic E-state index is 12.0. The number of carbonyl (C=O) groups is 1. The van der Waals surface area contributed by atoms with Gasteiger partial charge < -0.3 is 10.4 Å². The predicted molar refractivity (Wildman–Crippen MR) is 79.4 cm³/mol. The molecule has 0 bridgehead atoms. The summed E-state index contributed by atoms with van der Waals surface area (Å²) in [6.07, 6.45) is 1.83. The van der Waals surface area contributed by atoms with Gasteiger partial charge in [0.2, 0.25) is 0 Å². The normalized spacial score (nSPS) is 13.6. The number of amides is 1. The van der Waals surface area contributed by atoms with Gasteiger partial charge in [0.05, 0.1) is 10.5 Å². The molecule has 1 aromatic carbocycles. The third kappa shape index (κ3) is 4.36. The molecule has 0 aliphatic heterocycles. The first-order valence-electron chi connectivity index (χ1n) is 5.71. The average molecular weight is 319 g/mol. The Labute approximate surface area is 125 Å². The number of nitro groups is 1.